The summed E-state index contributed by atoms with van der Waals surface area (Å²) in [5, 5.41) is 4.56. The van der Waals surface area contributed by atoms with E-state index in [2.05, 4.69) is 5.16 Å². The molecule has 1 saturated carbocycles. The van der Waals surface area contributed by atoms with Crippen molar-refractivity contribution >= 4 is 23.5 Å². The average molecular weight is 418 g/mol. The van der Waals surface area contributed by atoms with Crippen molar-refractivity contribution in [3.63, 3.8) is 0 Å². The number of hydrogen-bond acceptors (Lipinski definition) is 6. The topological polar surface area (TPSA) is 75.9 Å². The van der Waals surface area contributed by atoms with Gasteiger partial charge in [-0.2, -0.15) is 0 Å². The van der Waals surface area contributed by atoms with Crippen molar-refractivity contribution in [1.29, 1.82) is 0 Å². The molecule has 1 unspecified atom stereocenters. The van der Waals surface area contributed by atoms with E-state index in [1.807, 2.05) is 17.0 Å². The first-order valence-corrected chi connectivity index (χ1v) is 10.4. The molecule has 1 amide bonds. The molecule has 1 aromatic carbocycles. The van der Waals surface area contributed by atoms with Gasteiger partial charge in [0, 0.05) is 43.2 Å². The molecular formula is C21H24ClN3O4. The van der Waals surface area contributed by atoms with Crippen LogP contribution in [0.4, 0.5) is 0 Å². The molecule has 2 aromatic rings. The molecular weight excluding hydrogens is 394 g/mol. The van der Waals surface area contributed by atoms with Gasteiger partial charge >= 0.3 is 5.97 Å². The highest BCUT2D eigenvalue weighted by molar-refractivity contribution is 6.30. The summed E-state index contributed by atoms with van der Waals surface area (Å²) in [5.74, 6) is 0.808. The second-order valence-electron chi connectivity index (χ2n) is 7.42. The number of halogens is 1. The summed E-state index contributed by atoms with van der Waals surface area (Å²) in [6.07, 6.45) is 2.20. The summed E-state index contributed by atoms with van der Waals surface area (Å²) in [4.78, 5) is 29.2. The second kappa shape index (κ2) is 8.55. The number of esters is 1. The van der Waals surface area contributed by atoms with Crippen LogP contribution in [-0.2, 0) is 9.53 Å². The Balaban J connectivity index is 1.43. The number of nitrogens with zero attached hydrogens (tertiary/aromatic N) is 3. The van der Waals surface area contributed by atoms with Gasteiger partial charge in [0.05, 0.1) is 6.61 Å². The molecule has 7 nitrogen and oxygen atoms in total. The van der Waals surface area contributed by atoms with Gasteiger partial charge in [-0.25, -0.2) is 4.79 Å². The largest absolute Gasteiger partial charge is 0.465 e. The minimum Gasteiger partial charge on any atom is -0.465 e. The molecule has 0 N–H and O–H groups in total. The van der Waals surface area contributed by atoms with Gasteiger partial charge < -0.3 is 14.2 Å². The van der Waals surface area contributed by atoms with E-state index in [4.69, 9.17) is 20.9 Å². The zero-order chi connectivity index (χ0) is 20.4. The number of carbonyl (C=O) groups excluding carboxylic acids is 2. The van der Waals surface area contributed by atoms with Crippen molar-refractivity contribution in [2.24, 2.45) is 0 Å². The number of carbonyl (C=O) groups is 2. The summed E-state index contributed by atoms with van der Waals surface area (Å²) >= 11 is 5.99. The van der Waals surface area contributed by atoms with Crippen molar-refractivity contribution < 1.29 is 18.8 Å². The Morgan fingerprint density at radius 1 is 1.21 bits per heavy atom. The lowest BCUT2D eigenvalue weighted by molar-refractivity contribution is -0.150. The van der Waals surface area contributed by atoms with Gasteiger partial charge in [-0.15, -0.1) is 0 Å². The van der Waals surface area contributed by atoms with Gasteiger partial charge in [0.2, 0.25) is 0 Å². The quantitative estimate of drug-likeness (QED) is 0.671. The van der Waals surface area contributed by atoms with E-state index >= 15 is 0 Å². The van der Waals surface area contributed by atoms with Crippen LogP contribution in [0.3, 0.4) is 0 Å². The molecule has 29 heavy (non-hydrogen) atoms. The molecule has 0 radical (unpaired) electrons. The van der Waals surface area contributed by atoms with E-state index < -0.39 is 6.04 Å². The maximum absolute atomic E-state index is 12.8. The van der Waals surface area contributed by atoms with Crippen LogP contribution in [0.15, 0.2) is 34.9 Å². The SMILES string of the molecule is CCOC(=O)C(c1ccc(Cl)cc1)N1CCN(C(=O)c2cc(C3CC3)on2)CC1. The third-order valence-electron chi connectivity index (χ3n) is 5.39. The number of piperazine rings is 1. The highest BCUT2D eigenvalue weighted by Crippen LogP contribution is 2.40. The second-order valence-corrected chi connectivity index (χ2v) is 7.86. The number of ether oxygens (including phenoxy) is 1. The van der Waals surface area contributed by atoms with Gasteiger partial charge in [0.1, 0.15) is 11.8 Å². The summed E-state index contributed by atoms with van der Waals surface area (Å²) in [6, 6.07) is 8.47. The van der Waals surface area contributed by atoms with Gasteiger partial charge in [-0.05, 0) is 37.5 Å². The monoisotopic (exact) mass is 417 g/mol. The smallest absolute Gasteiger partial charge is 0.328 e. The lowest BCUT2D eigenvalue weighted by atomic mass is 10.0. The molecule has 8 heteroatoms. The molecule has 0 spiro atoms. The van der Waals surface area contributed by atoms with Gasteiger partial charge in [0.25, 0.3) is 5.91 Å². The van der Waals surface area contributed by atoms with Crippen LogP contribution in [0.2, 0.25) is 5.02 Å². The highest BCUT2D eigenvalue weighted by Gasteiger charge is 2.34. The predicted molar refractivity (Wildman–Crippen MR) is 107 cm³/mol. The molecule has 4 rings (SSSR count). The molecule has 154 valence electrons. The lowest BCUT2D eigenvalue weighted by Crippen LogP contribution is -2.51. The summed E-state index contributed by atoms with van der Waals surface area (Å²) in [5.41, 5.74) is 1.19. The molecule has 1 aliphatic heterocycles. The van der Waals surface area contributed by atoms with Gasteiger partial charge in [-0.1, -0.05) is 28.9 Å². The fraction of sp³-hybridized carbons (Fsp3) is 0.476. The molecule has 1 aromatic heterocycles. The number of benzene rings is 1. The zero-order valence-corrected chi connectivity index (χ0v) is 17.1. The Kier molecular flexibility index (Phi) is 5.87. The number of rotatable bonds is 6. The third-order valence-corrected chi connectivity index (χ3v) is 5.64. The molecule has 1 aliphatic carbocycles. The first-order chi connectivity index (χ1) is 14.1. The maximum atomic E-state index is 12.8. The van der Waals surface area contributed by atoms with E-state index in [9.17, 15) is 9.59 Å². The molecule has 1 atom stereocenters. The van der Waals surface area contributed by atoms with E-state index in [0.717, 1.165) is 24.2 Å². The predicted octanol–water partition coefficient (Wildman–Crippen LogP) is 3.27. The van der Waals surface area contributed by atoms with Crippen molar-refractivity contribution in [2.45, 2.75) is 31.7 Å². The molecule has 2 fully saturated rings. The highest BCUT2D eigenvalue weighted by atomic mass is 35.5. The number of hydrogen-bond donors (Lipinski definition) is 0. The minimum atomic E-state index is -0.516. The van der Waals surface area contributed by atoms with Crippen molar-refractivity contribution in [3.05, 3.63) is 52.4 Å². The number of amides is 1. The molecule has 2 heterocycles. The normalized spacial score (nSPS) is 18.5. The van der Waals surface area contributed by atoms with Crippen LogP contribution in [-0.4, -0.2) is 59.6 Å². The fourth-order valence-electron chi connectivity index (χ4n) is 3.66. The van der Waals surface area contributed by atoms with Crippen LogP contribution in [0.1, 0.15) is 53.5 Å². The summed E-state index contributed by atoms with van der Waals surface area (Å²) in [7, 11) is 0. The Bertz CT molecular complexity index is 870. The van der Waals surface area contributed by atoms with Crippen LogP contribution in [0.25, 0.3) is 0 Å². The van der Waals surface area contributed by atoms with Gasteiger partial charge in [-0.3, -0.25) is 9.69 Å². The van der Waals surface area contributed by atoms with Crippen LogP contribution >= 0.6 is 11.6 Å². The summed E-state index contributed by atoms with van der Waals surface area (Å²) in [6.45, 7) is 4.25. The van der Waals surface area contributed by atoms with Crippen molar-refractivity contribution in [2.75, 3.05) is 32.8 Å². The molecule has 2 aliphatic rings. The van der Waals surface area contributed by atoms with Crippen molar-refractivity contribution in [3.8, 4) is 0 Å². The van der Waals surface area contributed by atoms with E-state index in [1.165, 1.54) is 0 Å². The van der Waals surface area contributed by atoms with Crippen LogP contribution in [0.5, 0.6) is 0 Å². The Labute approximate surface area is 174 Å². The lowest BCUT2D eigenvalue weighted by Gasteiger charge is -2.38. The summed E-state index contributed by atoms with van der Waals surface area (Å²) < 4.78 is 10.6. The van der Waals surface area contributed by atoms with Crippen molar-refractivity contribution in [1.82, 2.24) is 15.0 Å². The van der Waals surface area contributed by atoms with E-state index in [-0.39, 0.29) is 11.9 Å². The third kappa shape index (κ3) is 4.46. The minimum absolute atomic E-state index is 0.125. The van der Waals surface area contributed by atoms with E-state index in [0.29, 0.717) is 49.4 Å². The van der Waals surface area contributed by atoms with Crippen LogP contribution in [0, 0.1) is 0 Å². The van der Waals surface area contributed by atoms with Crippen LogP contribution < -0.4 is 0 Å². The van der Waals surface area contributed by atoms with E-state index in [1.54, 1.807) is 30.0 Å². The Hall–Kier alpha value is -2.38. The Morgan fingerprint density at radius 3 is 2.52 bits per heavy atom. The van der Waals surface area contributed by atoms with Gasteiger partial charge in [0.15, 0.2) is 5.69 Å². The zero-order valence-electron chi connectivity index (χ0n) is 16.3. The Morgan fingerprint density at radius 2 is 1.90 bits per heavy atom. The molecule has 1 saturated heterocycles. The fourth-order valence-corrected chi connectivity index (χ4v) is 3.78. The average Bonchev–Trinajstić information content (AvgIpc) is 3.46. The first kappa shape index (κ1) is 19.9. The molecule has 0 bridgehead atoms. The first-order valence-electron chi connectivity index (χ1n) is 9.99. The number of aromatic nitrogens is 1. The standard InChI is InChI=1S/C21H24ClN3O4/c1-2-28-21(27)19(15-5-7-16(22)8-6-15)24-9-11-25(12-10-24)20(26)17-13-18(29-23-17)14-3-4-14/h5-8,13-14,19H,2-4,9-12H2,1H3. The maximum Gasteiger partial charge on any atom is 0.328 e.